The first-order valence-electron chi connectivity index (χ1n) is 4.44. The summed E-state index contributed by atoms with van der Waals surface area (Å²) in [6, 6.07) is 10.7. The molecule has 0 nitrogen and oxygen atoms in total. The van der Waals surface area contributed by atoms with Crippen LogP contribution in [-0.2, 0) is 0 Å². The zero-order valence-electron chi connectivity index (χ0n) is 7.63. The highest BCUT2D eigenvalue weighted by Gasteiger charge is 2.12. The van der Waals surface area contributed by atoms with Crippen molar-refractivity contribution in [2.24, 2.45) is 5.92 Å². The van der Waals surface area contributed by atoms with E-state index in [1.165, 1.54) is 12.0 Å². The molecule has 0 N–H and O–H groups in total. The zero-order valence-corrected chi connectivity index (χ0v) is 9.78. The molecule has 0 heterocycles. The van der Waals surface area contributed by atoms with Gasteiger partial charge in [-0.05, 0) is 11.5 Å². The van der Waals surface area contributed by atoms with Crippen LogP contribution in [0.1, 0.15) is 29.8 Å². The summed E-state index contributed by atoms with van der Waals surface area (Å²) in [5.74, 6) is 0.771. The van der Waals surface area contributed by atoms with Gasteiger partial charge >= 0.3 is 0 Å². The van der Waals surface area contributed by atoms with Gasteiger partial charge in [0, 0.05) is 3.92 Å². The standard InChI is InChI=1S/C11H15I/c1-3-9(2)11(12)10-7-5-4-6-8-10/h4-9,11H,3H2,1-2H3/t9-,11?/m0/s1. The van der Waals surface area contributed by atoms with Gasteiger partial charge in [0.1, 0.15) is 0 Å². The maximum Gasteiger partial charge on any atom is 0.0385 e. The summed E-state index contributed by atoms with van der Waals surface area (Å²) >= 11 is 2.53. The van der Waals surface area contributed by atoms with Crippen molar-refractivity contribution in [3.63, 3.8) is 0 Å². The summed E-state index contributed by atoms with van der Waals surface area (Å²) in [6.07, 6.45) is 1.25. The van der Waals surface area contributed by atoms with E-state index in [2.05, 4.69) is 66.8 Å². The molecule has 12 heavy (non-hydrogen) atoms. The molecule has 0 aromatic heterocycles. The van der Waals surface area contributed by atoms with Crippen LogP contribution in [-0.4, -0.2) is 0 Å². The quantitative estimate of drug-likeness (QED) is 0.572. The van der Waals surface area contributed by atoms with Crippen LogP contribution in [0.25, 0.3) is 0 Å². The Morgan fingerprint density at radius 1 is 1.25 bits per heavy atom. The molecule has 1 aromatic rings. The van der Waals surface area contributed by atoms with E-state index in [0.29, 0.717) is 3.92 Å². The zero-order chi connectivity index (χ0) is 8.97. The van der Waals surface area contributed by atoms with Crippen molar-refractivity contribution in [1.29, 1.82) is 0 Å². The Morgan fingerprint density at radius 2 is 1.83 bits per heavy atom. The van der Waals surface area contributed by atoms with E-state index < -0.39 is 0 Å². The number of benzene rings is 1. The van der Waals surface area contributed by atoms with Crippen LogP contribution in [0.2, 0.25) is 0 Å². The SMILES string of the molecule is CC[C@H](C)C(I)c1ccccc1. The minimum absolute atomic E-state index is 0.661. The molecule has 1 unspecified atom stereocenters. The van der Waals surface area contributed by atoms with Crippen molar-refractivity contribution >= 4 is 22.6 Å². The van der Waals surface area contributed by atoms with Crippen molar-refractivity contribution in [2.45, 2.75) is 24.2 Å². The van der Waals surface area contributed by atoms with Gasteiger partial charge < -0.3 is 0 Å². The summed E-state index contributed by atoms with van der Waals surface area (Å²) in [5, 5.41) is 0. The lowest BCUT2D eigenvalue weighted by Crippen LogP contribution is -2.01. The van der Waals surface area contributed by atoms with Crippen molar-refractivity contribution < 1.29 is 0 Å². The Morgan fingerprint density at radius 3 is 2.33 bits per heavy atom. The monoisotopic (exact) mass is 274 g/mol. The summed E-state index contributed by atoms with van der Waals surface area (Å²) in [7, 11) is 0. The molecule has 2 atom stereocenters. The molecule has 0 bridgehead atoms. The fourth-order valence-corrected chi connectivity index (χ4v) is 2.10. The lowest BCUT2D eigenvalue weighted by molar-refractivity contribution is 0.564. The van der Waals surface area contributed by atoms with Crippen LogP contribution in [0, 0.1) is 5.92 Å². The molecule has 0 saturated heterocycles. The number of hydrogen-bond acceptors (Lipinski definition) is 0. The predicted molar refractivity (Wildman–Crippen MR) is 62.7 cm³/mol. The van der Waals surface area contributed by atoms with Gasteiger partial charge in [-0.15, -0.1) is 0 Å². The van der Waals surface area contributed by atoms with Crippen LogP contribution in [0.5, 0.6) is 0 Å². The molecule has 1 aromatic carbocycles. The predicted octanol–water partition coefficient (Wildman–Crippen LogP) is 4.21. The van der Waals surface area contributed by atoms with Gasteiger partial charge in [-0.2, -0.15) is 0 Å². The van der Waals surface area contributed by atoms with Crippen LogP contribution >= 0.6 is 22.6 Å². The molecule has 0 aliphatic rings. The summed E-state index contributed by atoms with van der Waals surface area (Å²) in [6.45, 7) is 4.56. The molecule has 66 valence electrons. The van der Waals surface area contributed by atoms with Crippen molar-refractivity contribution in [1.82, 2.24) is 0 Å². The van der Waals surface area contributed by atoms with Gasteiger partial charge in [0.15, 0.2) is 0 Å². The number of alkyl halides is 1. The fourth-order valence-electron chi connectivity index (χ4n) is 1.17. The van der Waals surface area contributed by atoms with Crippen molar-refractivity contribution in [2.75, 3.05) is 0 Å². The maximum atomic E-state index is 2.53. The Labute approximate surface area is 88.5 Å². The van der Waals surface area contributed by atoms with Gasteiger partial charge in [0.2, 0.25) is 0 Å². The highest BCUT2D eigenvalue weighted by molar-refractivity contribution is 14.1. The number of halogens is 1. The Hall–Kier alpha value is -0.0500. The van der Waals surface area contributed by atoms with Crippen LogP contribution in [0.4, 0.5) is 0 Å². The van der Waals surface area contributed by atoms with Gasteiger partial charge in [-0.25, -0.2) is 0 Å². The first-order valence-corrected chi connectivity index (χ1v) is 5.69. The molecule has 0 amide bonds. The third-order valence-electron chi connectivity index (χ3n) is 2.26. The van der Waals surface area contributed by atoms with Crippen molar-refractivity contribution in [3.8, 4) is 0 Å². The second-order valence-electron chi connectivity index (χ2n) is 3.20. The minimum atomic E-state index is 0.661. The minimum Gasteiger partial charge on any atom is -0.0771 e. The Balaban J connectivity index is 2.71. The lowest BCUT2D eigenvalue weighted by atomic mass is 9.99. The normalized spacial score (nSPS) is 15.6. The molecular formula is C11H15I. The molecule has 0 saturated carbocycles. The van der Waals surface area contributed by atoms with Gasteiger partial charge in [-0.1, -0.05) is 73.2 Å². The third kappa shape index (κ3) is 2.47. The highest BCUT2D eigenvalue weighted by Crippen LogP contribution is 2.32. The summed E-state index contributed by atoms with van der Waals surface area (Å²) in [5.41, 5.74) is 1.45. The Bertz CT molecular complexity index is 218. The van der Waals surface area contributed by atoms with E-state index in [1.54, 1.807) is 0 Å². The van der Waals surface area contributed by atoms with Crippen LogP contribution in [0.15, 0.2) is 30.3 Å². The summed E-state index contributed by atoms with van der Waals surface area (Å²) < 4.78 is 0.661. The fraction of sp³-hybridized carbons (Fsp3) is 0.455. The number of hydrogen-bond donors (Lipinski definition) is 0. The van der Waals surface area contributed by atoms with E-state index in [0.717, 1.165) is 5.92 Å². The molecule has 0 aliphatic carbocycles. The lowest BCUT2D eigenvalue weighted by Gasteiger charge is -2.16. The first-order chi connectivity index (χ1) is 5.75. The maximum absolute atomic E-state index is 2.53. The van der Waals surface area contributed by atoms with Gasteiger partial charge in [0.25, 0.3) is 0 Å². The van der Waals surface area contributed by atoms with E-state index in [-0.39, 0.29) is 0 Å². The third-order valence-corrected chi connectivity index (χ3v) is 4.21. The smallest absolute Gasteiger partial charge is 0.0385 e. The average Bonchev–Trinajstić information content (AvgIpc) is 2.17. The molecular weight excluding hydrogens is 259 g/mol. The molecule has 0 radical (unpaired) electrons. The first kappa shape index (κ1) is 10.0. The molecule has 1 rings (SSSR count). The largest absolute Gasteiger partial charge is 0.0771 e. The van der Waals surface area contributed by atoms with E-state index in [4.69, 9.17) is 0 Å². The molecule has 0 spiro atoms. The topological polar surface area (TPSA) is 0 Å². The summed E-state index contributed by atoms with van der Waals surface area (Å²) in [4.78, 5) is 0. The van der Waals surface area contributed by atoms with Crippen molar-refractivity contribution in [3.05, 3.63) is 35.9 Å². The van der Waals surface area contributed by atoms with E-state index >= 15 is 0 Å². The van der Waals surface area contributed by atoms with Gasteiger partial charge in [-0.3, -0.25) is 0 Å². The van der Waals surface area contributed by atoms with E-state index in [9.17, 15) is 0 Å². The Kier molecular flexibility index (Phi) is 4.06. The average molecular weight is 274 g/mol. The number of rotatable bonds is 3. The molecule has 0 fully saturated rings. The van der Waals surface area contributed by atoms with Gasteiger partial charge in [0.05, 0.1) is 0 Å². The highest BCUT2D eigenvalue weighted by atomic mass is 127. The molecule has 0 aliphatic heterocycles. The second kappa shape index (κ2) is 4.85. The second-order valence-corrected chi connectivity index (χ2v) is 4.54. The van der Waals surface area contributed by atoms with Crippen LogP contribution in [0.3, 0.4) is 0 Å². The molecule has 1 heteroatoms. The van der Waals surface area contributed by atoms with E-state index in [1.807, 2.05) is 0 Å². The van der Waals surface area contributed by atoms with Crippen LogP contribution < -0.4 is 0 Å².